The highest BCUT2D eigenvalue weighted by molar-refractivity contribution is 5.60. The van der Waals surface area contributed by atoms with Gasteiger partial charge in [-0.2, -0.15) is 45.9 Å². The van der Waals surface area contributed by atoms with Crippen molar-refractivity contribution in [1.82, 2.24) is 15.0 Å². The van der Waals surface area contributed by atoms with Crippen LogP contribution >= 0.6 is 0 Å². The molecule has 2 N–H and O–H groups in total. The van der Waals surface area contributed by atoms with Crippen molar-refractivity contribution in [2.45, 2.75) is 0 Å². The lowest BCUT2D eigenvalue weighted by atomic mass is 10.3. The van der Waals surface area contributed by atoms with Gasteiger partial charge in [0.2, 0.25) is 11.9 Å². The monoisotopic (exact) mass is 680 g/mol. The Hall–Kier alpha value is -7.67. The fourth-order valence-corrected chi connectivity index (χ4v) is 4.49. The molecule has 7 rings (SSSR count). The summed E-state index contributed by atoms with van der Waals surface area (Å²) in [6.45, 7) is 0. The molecule has 13 nitrogen and oxygen atoms in total. The van der Waals surface area contributed by atoms with Crippen molar-refractivity contribution in [3.8, 4) is 0 Å². The molecule has 0 fully saturated rings. The molecule has 0 aliphatic rings. The van der Waals surface area contributed by atoms with E-state index >= 15 is 0 Å². The number of nitrogens with zero attached hydrogens (tertiary/aromatic N) is 11. The van der Waals surface area contributed by atoms with Crippen LogP contribution in [0.5, 0.6) is 0 Å². The lowest BCUT2D eigenvalue weighted by Crippen LogP contribution is -2.02. The Balaban J connectivity index is 0.911. The van der Waals surface area contributed by atoms with Gasteiger partial charge in [-0.15, -0.1) is 0 Å². The third-order valence-corrected chi connectivity index (χ3v) is 7.11. The number of nitrogens with one attached hydrogen (secondary N) is 2. The number of rotatable bonds is 12. The Kier molecular flexibility index (Phi) is 10.1. The van der Waals surface area contributed by atoms with E-state index in [1.54, 1.807) is 0 Å². The van der Waals surface area contributed by atoms with Crippen molar-refractivity contribution in [2.75, 3.05) is 10.6 Å². The van der Waals surface area contributed by atoms with Gasteiger partial charge in [0.15, 0.2) is 0 Å². The average Bonchev–Trinajstić information content (AvgIpc) is 3.20. The first-order valence-corrected chi connectivity index (χ1v) is 16.0. The van der Waals surface area contributed by atoms with Gasteiger partial charge in [-0.3, -0.25) is 0 Å². The molecular formula is C39H29N13. The predicted molar refractivity (Wildman–Crippen MR) is 202 cm³/mol. The molecule has 250 valence electrons. The summed E-state index contributed by atoms with van der Waals surface area (Å²) in [4.78, 5) is 12.6. The molecule has 0 amide bonds. The number of benzene rings is 6. The van der Waals surface area contributed by atoms with E-state index in [0.29, 0.717) is 34.1 Å². The molecule has 0 spiro atoms. The summed E-state index contributed by atoms with van der Waals surface area (Å²) in [7, 11) is 0. The van der Waals surface area contributed by atoms with Crippen LogP contribution in [0, 0.1) is 0 Å². The van der Waals surface area contributed by atoms with Gasteiger partial charge in [0.25, 0.3) is 0 Å². The van der Waals surface area contributed by atoms with E-state index in [9.17, 15) is 0 Å². The Bertz CT molecular complexity index is 2200. The topological polar surface area (TPSA) is 162 Å². The summed E-state index contributed by atoms with van der Waals surface area (Å²) in [6, 6.07) is 48.2. The minimum Gasteiger partial charge on any atom is -0.324 e. The van der Waals surface area contributed by atoms with Crippen LogP contribution in [-0.2, 0) is 0 Å². The van der Waals surface area contributed by atoms with E-state index < -0.39 is 0 Å². The van der Waals surface area contributed by atoms with Gasteiger partial charge in [-0.25, -0.2) is 9.97 Å². The molecule has 0 unspecified atom stereocenters. The minimum atomic E-state index is -0.194. The Morgan fingerprint density at radius 3 is 0.865 bits per heavy atom. The SMILES string of the molecule is [2H]c1nc(Nc2ccc(N=Nc3ccc(N=Nc4ccccc4)cc3)cc2)nc(Nc2ccc(N=Nc3ccc(N=Nc4ccccc4)cc3)cc2)n1. The second kappa shape index (κ2) is 16.6. The third-order valence-electron chi connectivity index (χ3n) is 7.11. The van der Waals surface area contributed by atoms with Gasteiger partial charge in [0.1, 0.15) is 7.67 Å². The summed E-state index contributed by atoms with van der Waals surface area (Å²) in [5.41, 5.74) is 7.09. The van der Waals surface area contributed by atoms with Crippen LogP contribution in [-0.4, -0.2) is 15.0 Å². The van der Waals surface area contributed by atoms with Crippen LogP contribution < -0.4 is 10.6 Å². The first-order valence-electron chi connectivity index (χ1n) is 16.5. The fraction of sp³-hybridized carbons (Fsp3) is 0. The van der Waals surface area contributed by atoms with Gasteiger partial charge in [0, 0.05) is 11.4 Å². The van der Waals surface area contributed by atoms with Crippen LogP contribution in [0.25, 0.3) is 0 Å². The molecule has 0 saturated carbocycles. The predicted octanol–water partition coefficient (Wildman–Crippen LogP) is 13.0. The summed E-state index contributed by atoms with van der Waals surface area (Å²) >= 11 is 0. The molecule has 7 aromatic rings. The fourth-order valence-electron chi connectivity index (χ4n) is 4.49. The number of azo groups is 4. The molecule has 1 heterocycles. The normalized spacial score (nSPS) is 11.8. The van der Waals surface area contributed by atoms with E-state index in [-0.39, 0.29) is 18.2 Å². The Morgan fingerprint density at radius 2 is 0.577 bits per heavy atom. The van der Waals surface area contributed by atoms with Gasteiger partial charge < -0.3 is 10.6 Å². The van der Waals surface area contributed by atoms with E-state index in [1.165, 1.54) is 0 Å². The highest BCUT2D eigenvalue weighted by Gasteiger charge is 2.04. The Morgan fingerprint density at radius 1 is 0.327 bits per heavy atom. The maximum atomic E-state index is 8.08. The summed E-state index contributed by atoms with van der Waals surface area (Å²) in [6.07, 6.45) is -0.194. The summed E-state index contributed by atoms with van der Waals surface area (Å²) in [5.74, 6) is 0.425. The average molecular weight is 681 g/mol. The highest BCUT2D eigenvalue weighted by atomic mass is 15.2. The van der Waals surface area contributed by atoms with E-state index in [1.807, 2.05) is 158 Å². The number of hydrogen-bond acceptors (Lipinski definition) is 13. The summed E-state index contributed by atoms with van der Waals surface area (Å²) < 4.78 is 8.08. The molecule has 0 saturated heterocycles. The number of anilines is 4. The smallest absolute Gasteiger partial charge is 0.232 e. The van der Waals surface area contributed by atoms with Crippen LogP contribution in [0.4, 0.5) is 68.8 Å². The standard InChI is InChI=1S/C39H29N13/c1-3-7-30(8-4-1)45-47-34-19-23-36(24-20-34)51-49-32-15-11-28(12-16-32)42-38-40-27-41-39(44-38)43-29-13-17-33(18-14-29)50-52-37-25-21-35(22-26-37)48-46-31-9-5-2-6-10-31/h1-27H,(H2,40,41,42,43,44)/i27D. The van der Waals surface area contributed by atoms with Gasteiger partial charge >= 0.3 is 0 Å². The van der Waals surface area contributed by atoms with Crippen LogP contribution in [0.15, 0.2) is 205 Å². The summed E-state index contributed by atoms with van der Waals surface area (Å²) in [5, 5.41) is 40.4. The Labute approximate surface area is 300 Å². The van der Waals surface area contributed by atoms with E-state index in [4.69, 9.17) is 1.37 Å². The minimum absolute atomic E-state index is 0.194. The van der Waals surface area contributed by atoms with Crippen LogP contribution in [0.2, 0.25) is 0 Å². The molecule has 1 aromatic heterocycles. The maximum absolute atomic E-state index is 8.08. The quantitative estimate of drug-likeness (QED) is 0.122. The van der Waals surface area contributed by atoms with E-state index in [2.05, 4.69) is 66.5 Å². The zero-order valence-electron chi connectivity index (χ0n) is 28.4. The zero-order chi connectivity index (χ0) is 36.1. The van der Waals surface area contributed by atoms with Crippen molar-refractivity contribution >= 4 is 68.8 Å². The van der Waals surface area contributed by atoms with Crippen molar-refractivity contribution in [1.29, 1.82) is 0 Å². The van der Waals surface area contributed by atoms with Gasteiger partial charge in [-0.05, 0) is 121 Å². The highest BCUT2D eigenvalue weighted by Crippen LogP contribution is 2.27. The van der Waals surface area contributed by atoms with Crippen molar-refractivity contribution in [3.63, 3.8) is 0 Å². The maximum Gasteiger partial charge on any atom is 0.232 e. The molecule has 0 atom stereocenters. The van der Waals surface area contributed by atoms with Crippen molar-refractivity contribution in [2.24, 2.45) is 40.9 Å². The lowest BCUT2D eigenvalue weighted by molar-refractivity contribution is 1.06. The second-order valence-corrected chi connectivity index (χ2v) is 10.9. The van der Waals surface area contributed by atoms with Crippen molar-refractivity contribution in [3.05, 3.63) is 164 Å². The molecule has 0 bridgehead atoms. The van der Waals surface area contributed by atoms with Crippen LogP contribution in [0.3, 0.4) is 0 Å². The lowest BCUT2D eigenvalue weighted by Gasteiger charge is -2.08. The molecule has 13 heteroatoms. The van der Waals surface area contributed by atoms with Gasteiger partial charge in [-0.1, -0.05) is 36.4 Å². The van der Waals surface area contributed by atoms with E-state index in [0.717, 1.165) is 22.7 Å². The number of hydrogen-bond donors (Lipinski definition) is 2. The molecule has 0 radical (unpaired) electrons. The largest absolute Gasteiger partial charge is 0.324 e. The second-order valence-electron chi connectivity index (χ2n) is 10.9. The first-order chi connectivity index (χ1) is 26.1. The zero-order valence-corrected chi connectivity index (χ0v) is 27.4. The molecule has 0 aliphatic heterocycles. The van der Waals surface area contributed by atoms with Crippen molar-refractivity contribution < 1.29 is 1.37 Å². The molecular weight excluding hydrogens is 651 g/mol. The van der Waals surface area contributed by atoms with Gasteiger partial charge in [0.05, 0.1) is 45.5 Å². The first kappa shape index (κ1) is 31.6. The molecule has 6 aromatic carbocycles. The molecule has 0 aliphatic carbocycles. The molecule has 52 heavy (non-hydrogen) atoms. The van der Waals surface area contributed by atoms with Crippen LogP contribution in [0.1, 0.15) is 1.37 Å². The third kappa shape index (κ3) is 9.70. The number of aromatic nitrogens is 3.